The smallest absolute Gasteiger partial charge is 0.339 e. The van der Waals surface area contributed by atoms with E-state index in [1.54, 1.807) is 6.07 Å². The van der Waals surface area contributed by atoms with Crippen molar-refractivity contribution in [2.75, 3.05) is 19.6 Å². The zero-order valence-electron chi connectivity index (χ0n) is 10.1. The first-order valence-corrected chi connectivity index (χ1v) is 7.21. The van der Waals surface area contributed by atoms with Gasteiger partial charge in [-0.15, -0.1) is 0 Å². The molecule has 2 bridgehead atoms. The Morgan fingerprint density at radius 1 is 1.28 bits per heavy atom. The van der Waals surface area contributed by atoms with E-state index in [1.807, 2.05) is 18.2 Å². The number of carbonyl (C=O) groups excluding carboxylic acids is 1. The quantitative estimate of drug-likeness (QED) is 0.787. The van der Waals surface area contributed by atoms with Crippen LogP contribution >= 0.6 is 15.9 Å². The van der Waals surface area contributed by atoms with Crippen LogP contribution in [0.4, 0.5) is 0 Å². The third-order valence-electron chi connectivity index (χ3n) is 3.95. The van der Waals surface area contributed by atoms with Gasteiger partial charge in [-0.25, -0.2) is 4.79 Å². The summed E-state index contributed by atoms with van der Waals surface area (Å²) >= 11 is 3.39. The summed E-state index contributed by atoms with van der Waals surface area (Å²) < 4.78 is 6.48. The molecule has 0 radical (unpaired) electrons. The minimum atomic E-state index is -0.207. The Hall–Kier alpha value is -0.870. The third-order valence-corrected chi connectivity index (χ3v) is 4.64. The van der Waals surface area contributed by atoms with Gasteiger partial charge in [0, 0.05) is 11.0 Å². The number of carbonyl (C=O) groups is 1. The van der Waals surface area contributed by atoms with Crippen LogP contribution in [0, 0.1) is 5.92 Å². The zero-order chi connectivity index (χ0) is 12.5. The molecule has 0 amide bonds. The summed E-state index contributed by atoms with van der Waals surface area (Å²) in [4.78, 5) is 14.5. The van der Waals surface area contributed by atoms with E-state index >= 15 is 0 Å². The molecule has 1 atom stereocenters. The number of hydrogen-bond acceptors (Lipinski definition) is 3. The summed E-state index contributed by atoms with van der Waals surface area (Å²) in [5.74, 6) is 0.350. The Bertz CT molecular complexity index is 455. The second-order valence-electron chi connectivity index (χ2n) is 5.06. The first-order valence-electron chi connectivity index (χ1n) is 6.42. The number of hydrogen-bond donors (Lipinski definition) is 0. The molecule has 0 N–H and O–H groups in total. The van der Waals surface area contributed by atoms with Crippen molar-refractivity contribution in [1.82, 2.24) is 4.90 Å². The van der Waals surface area contributed by atoms with Crippen molar-refractivity contribution >= 4 is 21.9 Å². The molecule has 18 heavy (non-hydrogen) atoms. The van der Waals surface area contributed by atoms with Gasteiger partial charge in [0.05, 0.1) is 5.56 Å². The highest BCUT2D eigenvalue weighted by Gasteiger charge is 2.36. The molecule has 4 heteroatoms. The number of benzene rings is 1. The molecule has 0 saturated carbocycles. The summed E-state index contributed by atoms with van der Waals surface area (Å²) in [6.07, 6.45) is 2.40. The van der Waals surface area contributed by atoms with Crippen LogP contribution in [-0.2, 0) is 4.74 Å². The summed E-state index contributed by atoms with van der Waals surface area (Å²) in [6.45, 7) is 3.22. The molecule has 3 aliphatic heterocycles. The lowest BCUT2D eigenvalue weighted by Crippen LogP contribution is -2.51. The van der Waals surface area contributed by atoms with Crippen LogP contribution in [0.3, 0.4) is 0 Å². The second kappa shape index (κ2) is 5.02. The van der Waals surface area contributed by atoms with Gasteiger partial charge in [-0.05, 0) is 59.9 Å². The monoisotopic (exact) mass is 309 g/mol. The van der Waals surface area contributed by atoms with Crippen LogP contribution in [0.15, 0.2) is 28.7 Å². The molecular weight excluding hydrogens is 294 g/mol. The largest absolute Gasteiger partial charge is 0.457 e. The number of halogens is 1. The first-order chi connectivity index (χ1) is 8.74. The summed E-state index contributed by atoms with van der Waals surface area (Å²) in [7, 11) is 0. The lowest BCUT2D eigenvalue weighted by molar-refractivity contribution is -0.0456. The maximum absolute atomic E-state index is 12.1. The normalized spacial score (nSPS) is 30.2. The molecule has 96 valence electrons. The highest BCUT2D eigenvalue weighted by atomic mass is 79.9. The number of esters is 1. The summed E-state index contributed by atoms with van der Waals surface area (Å²) in [6, 6.07) is 7.42. The van der Waals surface area contributed by atoms with E-state index in [0.29, 0.717) is 11.5 Å². The van der Waals surface area contributed by atoms with Crippen LogP contribution in [0.1, 0.15) is 23.2 Å². The number of rotatable bonds is 2. The molecule has 0 spiro atoms. The van der Waals surface area contributed by atoms with Crippen LogP contribution in [-0.4, -0.2) is 36.6 Å². The van der Waals surface area contributed by atoms with E-state index in [9.17, 15) is 4.79 Å². The van der Waals surface area contributed by atoms with Crippen LogP contribution < -0.4 is 0 Å². The molecule has 0 aliphatic carbocycles. The Labute approximate surface area is 115 Å². The molecular formula is C14H16BrNO2. The van der Waals surface area contributed by atoms with Crippen LogP contribution in [0.25, 0.3) is 0 Å². The number of piperidine rings is 3. The fraction of sp³-hybridized carbons (Fsp3) is 0.500. The molecule has 1 aromatic carbocycles. The van der Waals surface area contributed by atoms with E-state index in [1.165, 1.54) is 0 Å². The van der Waals surface area contributed by atoms with Gasteiger partial charge in [0.15, 0.2) is 0 Å². The van der Waals surface area contributed by atoms with Gasteiger partial charge < -0.3 is 4.74 Å². The van der Waals surface area contributed by atoms with Crippen LogP contribution in [0.2, 0.25) is 0 Å². The molecule has 3 saturated heterocycles. The predicted molar refractivity (Wildman–Crippen MR) is 72.5 cm³/mol. The second-order valence-corrected chi connectivity index (χ2v) is 5.92. The van der Waals surface area contributed by atoms with Gasteiger partial charge in [0.2, 0.25) is 0 Å². The fourth-order valence-electron chi connectivity index (χ4n) is 2.87. The lowest BCUT2D eigenvalue weighted by atomic mass is 9.86. The van der Waals surface area contributed by atoms with E-state index in [4.69, 9.17) is 4.74 Å². The molecule has 1 unspecified atom stereocenters. The summed E-state index contributed by atoms with van der Waals surface area (Å²) in [5.41, 5.74) is 0.619. The van der Waals surface area contributed by atoms with Crippen LogP contribution in [0.5, 0.6) is 0 Å². The average Bonchev–Trinajstić information content (AvgIpc) is 2.40. The van der Waals surface area contributed by atoms with Gasteiger partial charge in [-0.1, -0.05) is 12.1 Å². The van der Waals surface area contributed by atoms with E-state index in [0.717, 1.165) is 36.9 Å². The zero-order valence-corrected chi connectivity index (χ0v) is 11.7. The lowest BCUT2D eigenvalue weighted by Gasteiger charge is -2.43. The highest BCUT2D eigenvalue weighted by Crippen LogP contribution is 2.30. The molecule has 3 aliphatic rings. The molecule has 3 heterocycles. The van der Waals surface area contributed by atoms with Gasteiger partial charge >= 0.3 is 5.97 Å². The van der Waals surface area contributed by atoms with Crippen molar-refractivity contribution in [2.45, 2.75) is 18.9 Å². The van der Waals surface area contributed by atoms with Crippen molar-refractivity contribution in [3.8, 4) is 0 Å². The standard InChI is InChI=1S/C14H16BrNO2/c15-12-4-2-1-3-11(12)14(17)18-13-9-16-7-5-10(13)6-8-16/h1-4,10,13H,5-9H2. The number of nitrogens with zero attached hydrogens (tertiary/aromatic N) is 1. The van der Waals surface area contributed by atoms with Gasteiger partial charge in [-0.2, -0.15) is 0 Å². The number of ether oxygens (including phenoxy) is 1. The average molecular weight is 310 g/mol. The maximum atomic E-state index is 12.1. The first kappa shape index (κ1) is 12.2. The highest BCUT2D eigenvalue weighted by molar-refractivity contribution is 9.10. The van der Waals surface area contributed by atoms with Crippen molar-refractivity contribution in [1.29, 1.82) is 0 Å². The molecule has 4 rings (SSSR count). The van der Waals surface area contributed by atoms with Crippen molar-refractivity contribution in [2.24, 2.45) is 5.92 Å². The summed E-state index contributed by atoms with van der Waals surface area (Å²) in [5, 5.41) is 0. The minimum absolute atomic E-state index is 0.0760. The SMILES string of the molecule is O=C(OC1CN2CCC1CC2)c1ccccc1Br. The fourth-order valence-corrected chi connectivity index (χ4v) is 3.32. The van der Waals surface area contributed by atoms with Gasteiger partial charge in [-0.3, -0.25) is 4.90 Å². The van der Waals surface area contributed by atoms with Crippen molar-refractivity contribution in [3.63, 3.8) is 0 Å². The Morgan fingerprint density at radius 3 is 2.61 bits per heavy atom. The molecule has 3 fully saturated rings. The van der Waals surface area contributed by atoms with Crippen molar-refractivity contribution < 1.29 is 9.53 Å². The minimum Gasteiger partial charge on any atom is -0.457 e. The Kier molecular flexibility index (Phi) is 3.39. The van der Waals surface area contributed by atoms with E-state index in [2.05, 4.69) is 20.8 Å². The third kappa shape index (κ3) is 2.31. The predicted octanol–water partition coefficient (Wildman–Crippen LogP) is 2.70. The topological polar surface area (TPSA) is 29.5 Å². The Balaban J connectivity index is 1.70. The van der Waals surface area contributed by atoms with E-state index in [-0.39, 0.29) is 12.1 Å². The number of fused-ring (bicyclic) bond motifs is 3. The maximum Gasteiger partial charge on any atom is 0.339 e. The van der Waals surface area contributed by atoms with Gasteiger partial charge in [0.25, 0.3) is 0 Å². The molecule has 3 nitrogen and oxygen atoms in total. The van der Waals surface area contributed by atoms with E-state index < -0.39 is 0 Å². The molecule has 0 aromatic heterocycles. The Morgan fingerprint density at radius 2 is 2.00 bits per heavy atom. The molecule has 1 aromatic rings. The van der Waals surface area contributed by atoms with Crippen molar-refractivity contribution in [3.05, 3.63) is 34.3 Å². The van der Waals surface area contributed by atoms with Gasteiger partial charge in [0.1, 0.15) is 6.10 Å².